The van der Waals surface area contributed by atoms with E-state index in [4.69, 9.17) is 18.9 Å². The van der Waals surface area contributed by atoms with E-state index in [9.17, 15) is 19.5 Å². The Labute approximate surface area is 272 Å². The zero-order valence-electron chi connectivity index (χ0n) is 28.7. The second-order valence-corrected chi connectivity index (χ2v) is 12.1. The average molecular weight is 636 g/mol. The number of unbranched alkanes of at least 4 members (excludes halogenated alkanes) is 6. The van der Waals surface area contributed by atoms with Crippen LogP contribution in [0.15, 0.2) is 48.6 Å². The molecule has 0 spiro atoms. The van der Waals surface area contributed by atoms with E-state index in [0.717, 1.165) is 70.6 Å². The first-order valence-electron chi connectivity index (χ1n) is 16.8. The van der Waals surface area contributed by atoms with Crippen LogP contribution in [0.5, 0.6) is 0 Å². The number of aliphatic carboxylic acids is 1. The van der Waals surface area contributed by atoms with Crippen molar-refractivity contribution in [2.75, 3.05) is 47.5 Å². The van der Waals surface area contributed by atoms with Gasteiger partial charge in [0, 0.05) is 12.8 Å². The Hall–Kier alpha value is -2.75. The van der Waals surface area contributed by atoms with E-state index in [-0.39, 0.29) is 38.6 Å². The molecule has 0 aliphatic heterocycles. The maximum absolute atomic E-state index is 12.5. The van der Waals surface area contributed by atoms with Crippen molar-refractivity contribution < 1.29 is 42.9 Å². The van der Waals surface area contributed by atoms with Crippen molar-refractivity contribution in [3.8, 4) is 0 Å². The normalized spacial score (nSPS) is 13.7. The number of likely N-dealkylation sites (N-methyl/N-ethyl adjacent to an activating group) is 1. The Morgan fingerprint density at radius 3 is 1.87 bits per heavy atom. The zero-order valence-corrected chi connectivity index (χ0v) is 28.7. The molecule has 2 atom stereocenters. The van der Waals surface area contributed by atoms with Gasteiger partial charge in [-0.1, -0.05) is 88.1 Å². The molecule has 0 saturated carbocycles. The van der Waals surface area contributed by atoms with Crippen molar-refractivity contribution in [3.05, 3.63) is 48.6 Å². The lowest BCUT2D eigenvalue weighted by Crippen LogP contribution is -2.44. The summed E-state index contributed by atoms with van der Waals surface area (Å²) in [6.45, 7) is 4.42. The molecular weight excluding hydrogens is 574 g/mol. The predicted octanol–water partition coefficient (Wildman–Crippen LogP) is 5.98. The van der Waals surface area contributed by atoms with Gasteiger partial charge in [0.05, 0.1) is 40.3 Å². The first-order chi connectivity index (χ1) is 21.6. The molecule has 0 aromatic carbocycles. The number of nitrogens with zero attached hydrogens (tertiary/aromatic N) is 1. The molecule has 0 radical (unpaired) electrons. The number of rotatable bonds is 29. The predicted molar refractivity (Wildman–Crippen MR) is 177 cm³/mol. The SMILES string of the molecule is CC/C=C\C/C=C\C/C=C\C/C=C\CCCCC(=O)OC(COC(=O)CCCCCCC)COC(OCC[N+](C)(C)C)C(=O)[O-]. The molecular formula is C36H61NO8. The number of allylic oxidation sites excluding steroid dienone is 8. The minimum Gasteiger partial charge on any atom is -0.545 e. The van der Waals surface area contributed by atoms with Crippen LogP contribution in [0.1, 0.15) is 104 Å². The summed E-state index contributed by atoms with van der Waals surface area (Å²) in [5, 5.41) is 11.5. The molecule has 0 N–H and O–H groups in total. The minimum atomic E-state index is -1.63. The van der Waals surface area contributed by atoms with Gasteiger partial charge in [-0.15, -0.1) is 0 Å². The Balaban J connectivity index is 4.62. The van der Waals surface area contributed by atoms with E-state index in [2.05, 4.69) is 62.5 Å². The topological polar surface area (TPSA) is 111 Å². The third-order valence-electron chi connectivity index (χ3n) is 6.59. The Morgan fingerprint density at radius 1 is 0.689 bits per heavy atom. The van der Waals surface area contributed by atoms with Crippen molar-refractivity contribution in [1.29, 1.82) is 0 Å². The molecule has 0 amide bonds. The molecule has 258 valence electrons. The second-order valence-electron chi connectivity index (χ2n) is 12.1. The van der Waals surface area contributed by atoms with E-state index >= 15 is 0 Å². The van der Waals surface area contributed by atoms with Crippen LogP contribution in [0.3, 0.4) is 0 Å². The van der Waals surface area contributed by atoms with Gasteiger partial charge in [0.15, 0.2) is 12.4 Å². The highest BCUT2D eigenvalue weighted by molar-refractivity contribution is 5.70. The number of esters is 2. The lowest BCUT2D eigenvalue weighted by Gasteiger charge is -2.26. The van der Waals surface area contributed by atoms with Crippen LogP contribution in [0, 0.1) is 0 Å². The number of carbonyl (C=O) groups is 3. The van der Waals surface area contributed by atoms with E-state index < -0.39 is 24.3 Å². The lowest BCUT2D eigenvalue weighted by atomic mass is 10.1. The standard InChI is InChI=1S/C36H61NO8/c1-6-8-10-12-13-14-15-16-17-18-19-20-21-23-25-27-34(39)45-32(30-43-33(38)26-24-22-11-9-7-2)31-44-36(35(40)41)42-29-28-37(3,4)5/h8,10,13-14,16-17,19-20,32,36H,6-7,9,11-12,15,18,21-31H2,1-5H3/b10-8-,14-13-,17-16-,20-19-. The maximum atomic E-state index is 12.5. The molecule has 9 nitrogen and oxygen atoms in total. The van der Waals surface area contributed by atoms with Gasteiger partial charge in [0.1, 0.15) is 13.2 Å². The quantitative estimate of drug-likeness (QED) is 0.0324. The third kappa shape index (κ3) is 29.7. The van der Waals surface area contributed by atoms with E-state index in [1.54, 1.807) is 0 Å². The monoisotopic (exact) mass is 635 g/mol. The van der Waals surface area contributed by atoms with Gasteiger partial charge >= 0.3 is 11.9 Å². The average Bonchev–Trinajstić information content (AvgIpc) is 2.98. The Morgan fingerprint density at radius 2 is 1.27 bits per heavy atom. The number of carbonyl (C=O) groups excluding carboxylic acids is 3. The summed E-state index contributed by atoms with van der Waals surface area (Å²) >= 11 is 0. The summed E-state index contributed by atoms with van der Waals surface area (Å²) in [6.07, 6.45) is 26.2. The van der Waals surface area contributed by atoms with Crippen molar-refractivity contribution in [3.63, 3.8) is 0 Å². The van der Waals surface area contributed by atoms with E-state index in [0.29, 0.717) is 17.4 Å². The molecule has 0 aliphatic carbocycles. The van der Waals surface area contributed by atoms with Gasteiger partial charge in [0.2, 0.25) is 0 Å². The highest BCUT2D eigenvalue weighted by Gasteiger charge is 2.21. The minimum absolute atomic E-state index is 0.138. The zero-order chi connectivity index (χ0) is 33.6. The first-order valence-corrected chi connectivity index (χ1v) is 16.8. The molecule has 0 bridgehead atoms. The van der Waals surface area contributed by atoms with Crippen LogP contribution < -0.4 is 5.11 Å². The molecule has 0 heterocycles. The molecule has 0 aromatic rings. The summed E-state index contributed by atoms with van der Waals surface area (Å²) < 4.78 is 22.2. The number of hydrogen-bond donors (Lipinski definition) is 0. The highest BCUT2D eigenvalue weighted by atomic mass is 16.7. The molecule has 0 aromatic heterocycles. The van der Waals surface area contributed by atoms with Crippen LogP contribution in [0.25, 0.3) is 0 Å². The number of ether oxygens (including phenoxy) is 4. The van der Waals surface area contributed by atoms with Gasteiger partial charge in [0.25, 0.3) is 0 Å². The highest BCUT2D eigenvalue weighted by Crippen LogP contribution is 2.09. The van der Waals surface area contributed by atoms with E-state index in [1.807, 2.05) is 21.1 Å². The fourth-order valence-corrected chi connectivity index (χ4v) is 3.93. The first kappa shape index (κ1) is 42.2. The molecule has 0 saturated heterocycles. The van der Waals surface area contributed by atoms with Crippen molar-refractivity contribution >= 4 is 17.9 Å². The Kier molecular flexibility index (Phi) is 27.0. The smallest absolute Gasteiger partial charge is 0.306 e. The van der Waals surface area contributed by atoms with Crippen LogP contribution in [0.2, 0.25) is 0 Å². The van der Waals surface area contributed by atoms with Crippen molar-refractivity contribution in [2.45, 2.75) is 116 Å². The number of quaternary nitrogens is 1. The van der Waals surface area contributed by atoms with Crippen LogP contribution in [-0.2, 0) is 33.3 Å². The van der Waals surface area contributed by atoms with Gasteiger partial charge in [-0.25, -0.2) is 0 Å². The fourth-order valence-electron chi connectivity index (χ4n) is 3.93. The van der Waals surface area contributed by atoms with Crippen LogP contribution in [0.4, 0.5) is 0 Å². The summed E-state index contributed by atoms with van der Waals surface area (Å²) in [5.74, 6) is -2.37. The summed E-state index contributed by atoms with van der Waals surface area (Å²) in [4.78, 5) is 36.3. The molecule has 9 heteroatoms. The fraction of sp³-hybridized carbons (Fsp3) is 0.694. The number of carboxylic acid groups (broad SMARTS) is 1. The van der Waals surface area contributed by atoms with Crippen molar-refractivity contribution in [1.82, 2.24) is 0 Å². The maximum Gasteiger partial charge on any atom is 0.306 e. The van der Waals surface area contributed by atoms with Gasteiger partial charge in [-0.05, 0) is 51.4 Å². The summed E-state index contributed by atoms with van der Waals surface area (Å²) in [7, 11) is 5.86. The largest absolute Gasteiger partial charge is 0.545 e. The molecule has 0 fully saturated rings. The van der Waals surface area contributed by atoms with Crippen molar-refractivity contribution in [2.24, 2.45) is 0 Å². The van der Waals surface area contributed by atoms with Gasteiger partial charge in [-0.2, -0.15) is 0 Å². The van der Waals surface area contributed by atoms with Crippen LogP contribution in [-0.4, -0.2) is 82.3 Å². The van der Waals surface area contributed by atoms with Gasteiger partial charge in [-0.3, -0.25) is 9.59 Å². The molecule has 45 heavy (non-hydrogen) atoms. The second kappa shape index (κ2) is 28.7. The Bertz CT molecular complexity index is 888. The molecule has 2 unspecified atom stereocenters. The number of carboxylic acids is 1. The van der Waals surface area contributed by atoms with Crippen LogP contribution >= 0.6 is 0 Å². The molecule has 0 aliphatic rings. The number of hydrogen-bond acceptors (Lipinski definition) is 8. The molecule has 0 rings (SSSR count). The third-order valence-corrected chi connectivity index (χ3v) is 6.59. The summed E-state index contributed by atoms with van der Waals surface area (Å²) in [5.41, 5.74) is 0. The lowest BCUT2D eigenvalue weighted by molar-refractivity contribution is -0.870. The van der Waals surface area contributed by atoms with Gasteiger partial charge < -0.3 is 33.3 Å². The van der Waals surface area contributed by atoms with E-state index in [1.165, 1.54) is 0 Å². The summed E-state index contributed by atoms with van der Waals surface area (Å²) in [6, 6.07) is 0.